The van der Waals surface area contributed by atoms with Crippen molar-refractivity contribution in [3.05, 3.63) is 53.1 Å². The minimum absolute atomic E-state index is 0.0343. The monoisotopic (exact) mass is 670 g/mol. The van der Waals surface area contributed by atoms with Gasteiger partial charge in [-0.1, -0.05) is 66.2 Å². The van der Waals surface area contributed by atoms with Crippen LogP contribution in [0.3, 0.4) is 0 Å². The molecule has 0 aromatic heterocycles. The molecule has 2 rings (SSSR count). The quantitative estimate of drug-likeness (QED) is 0.0991. The molecule has 7 heteroatoms. The average molecular weight is 671 g/mol. The van der Waals surface area contributed by atoms with Crippen LogP contribution in [0.25, 0.3) is 0 Å². The van der Waals surface area contributed by atoms with Gasteiger partial charge < -0.3 is 23.4 Å². The van der Waals surface area contributed by atoms with Gasteiger partial charge in [-0.3, -0.25) is 4.79 Å². The summed E-state index contributed by atoms with van der Waals surface area (Å²) >= 11 is 0. The summed E-state index contributed by atoms with van der Waals surface area (Å²) in [5.41, 5.74) is 4.20. The van der Waals surface area contributed by atoms with Crippen LogP contribution in [-0.2, 0) is 20.4 Å². The summed E-state index contributed by atoms with van der Waals surface area (Å²) in [7, 11) is 2.80. The molecule has 47 heavy (non-hydrogen) atoms. The summed E-state index contributed by atoms with van der Waals surface area (Å²) in [5.74, 6) is 2.53. The van der Waals surface area contributed by atoms with E-state index in [0.29, 0.717) is 23.2 Å². The van der Waals surface area contributed by atoms with Gasteiger partial charge in [0, 0.05) is 34.9 Å². The van der Waals surface area contributed by atoms with Crippen molar-refractivity contribution >= 4 is 14.1 Å². The number of hydrogen-bond donors (Lipinski definition) is 0. The number of allylic oxidation sites excluding steroid dienone is 4. The number of methoxy groups -OCH3 is 3. The highest BCUT2D eigenvalue weighted by molar-refractivity contribution is 6.74. The molecule has 1 aromatic carbocycles. The van der Waals surface area contributed by atoms with Crippen molar-refractivity contribution in [2.75, 3.05) is 21.3 Å². The Morgan fingerprint density at radius 1 is 0.979 bits per heavy atom. The highest BCUT2D eigenvalue weighted by Gasteiger charge is 2.49. The maximum Gasteiger partial charge on any atom is 0.192 e. The summed E-state index contributed by atoms with van der Waals surface area (Å²) in [6.07, 6.45) is 6.33. The van der Waals surface area contributed by atoms with E-state index in [0.717, 1.165) is 47.1 Å². The van der Waals surface area contributed by atoms with Crippen LogP contribution in [0.5, 0.6) is 17.2 Å². The molecule has 1 fully saturated rings. The van der Waals surface area contributed by atoms with Crippen LogP contribution in [0.4, 0.5) is 0 Å². The number of ether oxygens (including phenoxy) is 4. The van der Waals surface area contributed by atoms with Crippen LogP contribution < -0.4 is 14.2 Å². The molecule has 0 amide bonds. The Balaban J connectivity index is 2.85. The first-order valence-corrected chi connectivity index (χ1v) is 20.3. The topological polar surface area (TPSA) is 63.2 Å². The van der Waals surface area contributed by atoms with Crippen LogP contribution in [-0.4, -0.2) is 47.6 Å². The van der Waals surface area contributed by atoms with Gasteiger partial charge in [0.25, 0.3) is 0 Å². The highest BCUT2D eigenvalue weighted by atomic mass is 28.4. The molecule has 6 nitrogen and oxygen atoms in total. The van der Waals surface area contributed by atoms with Gasteiger partial charge >= 0.3 is 0 Å². The zero-order chi connectivity index (χ0) is 36.0. The predicted octanol–water partition coefficient (Wildman–Crippen LogP) is 10.4. The molecule has 0 aliphatic carbocycles. The molecule has 1 aromatic rings. The lowest BCUT2D eigenvalue weighted by atomic mass is 9.77. The van der Waals surface area contributed by atoms with E-state index >= 15 is 0 Å². The lowest BCUT2D eigenvalue weighted by Crippen LogP contribution is -2.53. The SMILES string of the molecule is C=C[C@@H](C)CC[C@H]1O[C@@H](c2c(CC(=O)/C(C)=C/[C@H](C)CC(=C)C)c(OC)c(C)c(OC)c2OC)[C@H](C)[C@@H](O[Si](C)(C)C(C)(C)C)[C@H]1C. The van der Waals surface area contributed by atoms with Crippen molar-refractivity contribution in [1.82, 2.24) is 0 Å². The lowest BCUT2D eigenvalue weighted by Gasteiger charge is -2.50. The molecular formula is C40H66O6Si. The van der Waals surface area contributed by atoms with Crippen LogP contribution in [0.15, 0.2) is 36.5 Å². The fourth-order valence-electron chi connectivity index (χ4n) is 6.75. The number of rotatable bonds is 16. The molecule has 0 unspecified atom stereocenters. The lowest BCUT2D eigenvalue weighted by molar-refractivity contribution is -0.165. The van der Waals surface area contributed by atoms with Crippen molar-refractivity contribution in [3.63, 3.8) is 0 Å². The van der Waals surface area contributed by atoms with E-state index in [-0.39, 0.29) is 47.2 Å². The number of carbonyl (C=O) groups excluding carboxylic acids is 1. The highest BCUT2D eigenvalue weighted by Crippen LogP contribution is 2.53. The van der Waals surface area contributed by atoms with Crippen molar-refractivity contribution in [1.29, 1.82) is 0 Å². The number of hydrogen-bond acceptors (Lipinski definition) is 6. The normalized spacial score (nSPS) is 23.6. The zero-order valence-corrected chi connectivity index (χ0v) is 33.4. The predicted molar refractivity (Wildman–Crippen MR) is 199 cm³/mol. The van der Waals surface area contributed by atoms with Gasteiger partial charge in [-0.15, -0.1) is 13.2 Å². The Kier molecular flexibility index (Phi) is 14.6. The number of ketones is 1. The summed E-state index contributed by atoms with van der Waals surface area (Å²) < 4.78 is 32.7. The first-order valence-electron chi connectivity index (χ1n) is 17.4. The van der Waals surface area contributed by atoms with Gasteiger partial charge in [0.15, 0.2) is 25.6 Å². The van der Waals surface area contributed by atoms with Gasteiger partial charge in [0.1, 0.15) is 5.75 Å². The van der Waals surface area contributed by atoms with Gasteiger partial charge in [0.2, 0.25) is 0 Å². The number of benzene rings is 1. The van der Waals surface area contributed by atoms with Crippen LogP contribution in [0, 0.1) is 30.6 Å². The maximum atomic E-state index is 14.0. The third-order valence-corrected chi connectivity index (χ3v) is 15.1. The van der Waals surface area contributed by atoms with Crippen LogP contribution in [0.2, 0.25) is 18.1 Å². The zero-order valence-electron chi connectivity index (χ0n) is 32.4. The third-order valence-electron chi connectivity index (χ3n) is 10.6. The first-order chi connectivity index (χ1) is 21.8. The largest absolute Gasteiger partial charge is 0.496 e. The third kappa shape index (κ3) is 9.63. The minimum Gasteiger partial charge on any atom is -0.496 e. The Labute approximate surface area is 288 Å². The summed E-state index contributed by atoms with van der Waals surface area (Å²) in [5, 5.41) is 0.0454. The average Bonchev–Trinajstić information content (AvgIpc) is 2.97. The number of carbonyl (C=O) groups is 1. The second-order valence-corrected chi connectivity index (χ2v) is 20.4. The standard InChI is InChI=1S/C40H66O6Si/c1-18-25(4)19-20-33-28(7)35(46-47(16,17)40(10,11)12)29(8)37(45-33)34-31(23-32(41)27(6)22-26(5)21-24(2)3)36(42-13)30(9)38(43-14)39(34)44-15/h18,22,25-26,28-29,33,35,37H,1-2,19-21,23H2,3-17H3/b27-22+/t25-,26-,28+,29-,33-,35+,37-/m1/s1. The smallest absolute Gasteiger partial charge is 0.192 e. The Morgan fingerprint density at radius 3 is 2.04 bits per heavy atom. The fourth-order valence-corrected chi connectivity index (χ4v) is 8.21. The summed E-state index contributed by atoms with van der Waals surface area (Å²) in [4.78, 5) is 14.0. The maximum absolute atomic E-state index is 14.0. The van der Waals surface area contributed by atoms with Gasteiger partial charge in [-0.2, -0.15) is 0 Å². The van der Waals surface area contributed by atoms with Crippen LogP contribution >= 0.6 is 0 Å². The first kappa shape index (κ1) is 40.8. The van der Waals surface area contributed by atoms with E-state index in [1.165, 1.54) is 0 Å². The molecule has 1 saturated heterocycles. The molecule has 0 spiro atoms. The second kappa shape index (κ2) is 16.8. The van der Waals surface area contributed by atoms with Gasteiger partial charge in [-0.25, -0.2) is 0 Å². The van der Waals surface area contributed by atoms with E-state index < -0.39 is 14.4 Å². The molecule has 0 saturated carbocycles. The molecule has 7 atom stereocenters. The van der Waals surface area contributed by atoms with Gasteiger partial charge in [0.05, 0.1) is 39.6 Å². The summed E-state index contributed by atoms with van der Waals surface area (Å²) in [6.45, 7) is 34.2. The molecular weight excluding hydrogens is 605 g/mol. The van der Waals surface area contributed by atoms with Crippen molar-refractivity contribution in [3.8, 4) is 17.2 Å². The molecule has 1 heterocycles. The fraction of sp³-hybridized carbons (Fsp3) is 0.675. The van der Waals surface area contributed by atoms with E-state index in [2.05, 4.69) is 80.8 Å². The molecule has 1 aliphatic rings. The molecule has 1 aliphatic heterocycles. The Morgan fingerprint density at radius 2 is 1.55 bits per heavy atom. The molecule has 0 bridgehead atoms. The van der Waals surface area contributed by atoms with Crippen molar-refractivity contribution in [2.24, 2.45) is 23.7 Å². The Bertz CT molecular complexity index is 1290. The molecule has 0 N–H and O–H groups in total. The van der Waals surface area contributed by atoms with E-state index in [1.54, 1.807) is 21.3 Å². The number of Topliss-reactive ketones (excluding diaryl/α,β-unsaturated/α-hetero) is 1. The van der Waals surface area contributed by atoms with Crippen molar-refractivity contribution < 1.29 is 28.2 Å². The Hall–Kier alpha value is -2.35. The van der Waals surface area contributed by atoms with Crippen molar-refractivity contribution in [2.45, 2.75) is 131 Å². The molecule has 0 radical (unpaired) electrons. The summed E-state index contributed by atoms with van der Waals surface area (Å²) in [6, 6.07) is 0. The van der Waals surface area contributed by atoms with Gasteiger partial charge in [-0.05, 0) is 75.6 Å². The van der Waals surface area contributed by atoms with E-state index in [1.807, 2.05) is 26.8 Å². The van der Waals surface area contributed by atoms with Crippen LogP contribution in [0.1, 0.15) is 104 Å². The minimum atomic E-state index is -2.16. The van der Waals surface area contributed by atoms with E-state index in [4.69, 9.17) is 23.4 Å². The molecule has 266 valence electrons. The second-order valence-electron chi connectivity index (χ2n) is 15.7. The van der Waals surface area contributed by atoms with E-state index in [9.17, 15) is 4.79 Å².